The minimum Gasteiger partial charge on any atom is -0.318 e. The molecule has 1 aromatic carbocycles. The van der Waals surface area contributed by atoms with Gasteiger partial charge in [0.05, 0.1) is 11.3 Å². The molecule has 0 unspecified atom stereocenters. The Bertz CT molecular complexity index is 777. The summed E-state index contributed by atoms with van der Waals surface area (Å²) in [5, 5.41) is 9.37. The van der Waals surface area contributed by atoms with Crippen LogP contribution in [0.15, 0.2) is 33.0 Å². The summed E-state index contributed by atoms with van der Waals surface area (Å²) in [5.41, 5.74) is 0.597. The first-order valence-electron chi connectivity index (χ1n) is 5.93. The number of benzene rings is 1. The number of aromatic nitrogens is 3. The lowest BCUT2D eigenvalue weighted by molar-refractivity contribution is -0.112. The van der Waals surface area contributed by atoms with Crippen LogP contribution in [-0.2, 0) is 11.3 Å². The van der Waals surface area contributed by atoms with Crippen molar-refractivity contribution < 1.29 is 9.59 Å². The van der Waals surface area contributed by atoms with Gasteiger partial charge in [-0.2, -0.15) is 0 Å². The molecule has 0 radical (unpaired) electrons. The van der Waals surface area contributed by atoms with Gasteiger partial charge in [-0.05, 0) is 36.9 Å². The van der Waals surface area contributed by atoms with Crippen LogP contribution in [-0.4, -0.2) is 26.5 Å². The van der Waals surface area contributed by atoms with Crippen molar-refractivity contribution >= 4 is 29.1 Å². The minimum atomic E-state index is -0.618. The minimum absolute atomic E-state index is 0.264. The molecular formula is C12H10N4O3S. The Hall–Kier alpha value is -2.35. The first-order valence-corrected chi connectivity index (χ1v) is 6.74. The monoisotopic (exact) mass is 290 g/mol. The topological polar surface area (TPSA) is 96.8 Å². The number of H-pyrrole nitrogens is 1. The van der Waals surface area contributed by atoms with Crippen LogP contribution in [0.3, 0.4) is 0 Å². The van der Waals surface area contributed by atoms with Crippen LogP contribution in [0.1, 0.15) is 17.3 Å². The van der Waals surface area contributed by atoms with Gasteiger partial charge in [0, 0.05) is 11.4 Å². The van der Waals surface area contributed by atoms with Crippen LogP contribution >= 0.6 is 11.8 Å². The Labute approximate surface area is 117 Å². The second-order valence-corrected chi connectivity index (χ2v) is 5.19. The van der Waals surface area contributed by atoms with Crippen molar-refractivity contribution in [2.75, 3.05) is 5.32 Å². The third-order valence-electron chi connectivity index (χ3n) is 2.94. The van der Waals surface area contributed by atoms with Crippen molar-refractivity contribution in [2.24, 2.45) is 0 Å². The largest absolute Gasteiger partial charge is 0.343 e. The number of ketones is 1. The highest BCUT2D eigenvalue weighted by atomic mass is 32.2. The molecule has 3 rings (SSSR count). The van der Waals surface area contributed by atoms with E-state index in [0.29, 0.717) is 23.0 Å². The highest BCUT2D eigenvalue weighted by Gasteiger charge is 2.28. The molecule has 2 N–H and O–H groups in total. The van der Waals surface area contributed by atoms with Crippen molar-refractivity contribution in [3.05, 3.63) is 34.2 Å². The van der Waals surface area contributed by atoms with Crippen LogP contribution in [0.4, 0.5) is 5.69 Å². The van der Waals surface area contributed by atoms with Crippen LogP contribution in [0.25, 0.3) is 0 Å². The molecule has 0 spiro atoms. The summed E-state index contributed by atoms with van der Waals surface area (Å²) in [6.07, 6.45) is 0. The number of anilines is 1. The van der Waals surface area contributed by atoms with Crippen molar-refractivity contribution in [3.8, 4) is 0 Å². The number of hydrogen-bond acceptors (Lipinski definition) is 5. The molecule has 102 valence electrons. The lowest BCUT2D eigenvalue weighted by Crippen LogP contribution is -2.15. The first-order chi connectivity index (χ1) is 9.60. The van der Waals surface area contributed by atoms with E-state index < -0.39 is 11.7 Å². The van der Waals surface area contributed by atoms with Gasteiger partial charge in [0.2, 0.25) is 0 Å². The predicted molar refractivity (Wildman–Crippen MR) is 72.0 cm³/mol. The molecule has 0 saturated heterocycles. The van der Waals surface area contributed by atoms with Gasteiger partial charge >= 0.3 is 5.69 Å². The van der Waals surface area contributed by atoms with Crippen LogP contribution in [0, 0.1) is 0 Å². The summed E-state index contributed by atoms with van der Waals surface area (Å²) in [6, 6.07) is 5.02. The molecule has 0 aliphatic carbocycles. The quantitative estimate of drug-likeness (QED) is 0.818. The van der Waals surface area contributed by atoms with Crippen LogP contribution in [0.2, 0.25) is 0 Å². The summed E-state index contributed by atoms with van der Waals surface area (Å²) in [5.74, 6) is -1.14. The molecule has 2 heterocycles. The first kappa shape index (κ1) is 12.7. The number of fused-ring (bicyclic) bond motifs is 1. The number of hydrogen-bond donors (Lipinski definition) is 2. The molecule has 0 atom stereocenters. The Balaban J connectivity index is 1.93. The summed E-state index contributed by atoms with van der Waals surface area (Å²) in [7, 11) is 0. The van der Waals surface area contributed by atoms with Gasteiger partial charge < -0.3 is 5.32 Å². The van der Waals surface area contributed by atoms with Crippen molar-refractivity contribution in [2.45, 2.75) is 23.5 Å². The standard InChI is InChI=1S/C12H10N4O3S/c1-2-16-11(19)14-15-12(16)20-6-3-4-7-8(5-6)13-10(18)9(7)17/h3-5H,2H2,1H3,(H,14,19)(H,13,17,18). The molecule has 20 heavy (non-hydrogen) atoms. The van der Waals surface area contributed by atoms with Crippen LogP contribution in [0.5, 0.6) is 0 Å². The smallest absolute Gasteiger partial charge is 0.318 e. The lowest BCUT2D eigenvalue weighted by atomic mass is 10.1. The maximum absolute atomic E-state index is 11.5. The second kappa shape index (κ2) is 4.64. The predicted octanol–water partition coefficient (Wildman–Crippen LogP) is 0.877. The zero-order chi connectivity index (χ0) is 14.3. The molecule has 1 aliphatic rings. The number of nitrogens with one attached hydrogen (secondary N) is 2. The van der Waals surface area contributed by atoms with E-state index in [1.54, 1.807) is 18.2 Å². The molecule has 2 aromatic rings. The fraction of sp³-hybridized carbons (Fsp3) is 0.167. The van der Waals surface area contributed by atoms with E-state index >= 15 is 0 Å². The number of nitrogens with zero attached hydrogens (tertiary/aromatic N) is 2. The zero-order valence-electron chi connectivity index (χ0n) is 10.5. The van der Waals surface area contributed by atoms with Gasteiger partial charge in [0.1, 0.15) is 0 Å². The normalized spacial score (nSPS) is 13.4. The lowest BCUT2D eigenvalue weighted by Gasteiger charge is -2.04. The molecule has 0 bridgehead atoms. The fourth-order valence-electron chi connectivity index (χ4n) is 1.96. The van der Waals surface area contributed by atoms with E-state index in [-0.39, 0.29) is 5.69 Å². The van der Waals surface area contributed by atoms with E-state index in [4.69, 9.17) is 0 Å². The third-order valence-corrected chi connectivity index (χ3v) is 3.92. The SMILES string of the molecule is CCn1c(Sc2ccc3c(c2)NC(=O)C3=O)n[nH]c1=O. The third kappa shape index (κ3) is 1.94. The van der Waals surface area contributed by atoms with Gasteiger partial charge in [0.25, 0.3) is 11.7 Å². The Morgan fingerprint density at radius 2 is 2.10 bits per heavy atom. The maximum Gasteiger partial charge on any atom is 0.343 e. The fourth-order valence-corrected chi connectivity index (χ4v) is 2.89. The number of rotatable bonds is 3. The molecule has 1 aromatic heterocycles. The summed E-state index contributed by atoms with van der Waals surface area (Å²) >= 11 is 1.29. The summed E-state index contributed by atoms with van der Waals surface area (Å²) < 4.78 is 1.50. The number of Topliss-reactive ketones (excluding diaryl/α,β-unsaturated/α-hetero) is 1. The van der Waals surface area contributed by atoms with E-state index in [1.165, 1.54) is 16.3 Å². The van der Waals surface area contributed by atoms with Crippen molar-refractivity contribution in [3.63, 3.8) is 0 Å². The van der Waals surface area contributed by atoms with Gasteiger partial charge in [0.15, 0.2) is 5.16 Å². The molecule has 7 nitrogen and oxygen atoms in total. The molecule has 8 heteroatoms. The second-order valence-electron chi connectivity index (χ2n) is 4.15. The Kier molecular flexibility index (Phi) is 2.94. The van der Waals surface area contributed by atoms with E-state index in [9.17, 15) is 14.4 Å². The van der Waals surface area contributed by atoms with Gasteiger partial charge in [-0.15, -0.1) is 5.10 Å². The molecule has 0 fully saturated rings. The highest BCUT2D eigenvalue weighted by Crippen LogP contribution is 2.31. The zero-order valence-corrected chi connectivity index (χ0v) is 11.3. The number of amides is 1. The van der Waals surface area contributed by atoms with Gasteiger partial charge in [-0.3, -0.25) is 14.2 Å². The van der Waals surface area contributed by atoms with Gasteiger partial charge in [-0.25, -0.2) is 9.89 Å². The van der Waals surface area contributed by atoms with Crippen molar-refractivity contribution in [1.82, 2.24) is 14.8 Å². The summed E-state index contributed by atoms with van der Waals surface area (Å²) in [6.45, 7) is 2.36. The average Bonchev–Trinajstić information content (AvgIpc) is 2.91. The number of carbonyl (C=O) groups excluding carboxylic acids is 2. The Morgan fingerprint density at radius 1 is 1.30 bits per heavy atom. The van der Waals surface area contributed by atoms with E-state index in [2.05, 4.69) is 15.5 Å². The highest BCUT2D eigenvalue weighted by molar-refractivity contribution is 7.99. The molecule has 1 aliphatic heterocycles. The van der Waals surface area contributed by atoms with E-state index in [0.717, 1.165) is 4.90 Å². The Morgan fingerprint density at radius 3 is 2.85 bits per heavy atom. The summed E-state index contributed by atoms with van der Waals surface area (Å²) in [4.78, 5) is 35.0. The number of carbonyl (C=O) groups is 2. The van der Waals surface area contributed by atoms with Crippen LogP contribution < -0.4 is 11.0 Å². The van der Waals surface area contributed by atoms with E-state index in [1.807, 2.05) is 6.92 Å². The van der Waals surface area contributed by atoms with Gasteiger partial charge in [-0.1, -0.05) is 0 Å². The maximum atomic E-state index is 11.5. The molecular weight excluding hydrogens is 280 g/mol. The number of aromatic amines is 1. The average molecular weight is 290 g/mol. The molecule has 0 saturated carbocycles. The molecule has 1 amide bonds. The van der Waals surface area contributed by atoms with Crippen molar-refractivity contribution in [1.29, 1.82) is 0 Å².